The Morgan fingerprint density at radius 3 is 2.71 bits per heavy atom. The fourth-order valence-corrected chi connectivity index (χ4v) is 3.20. The SMILES string of the molecule is CCCC1CNC(C(C)(C)C)CN1CCCn1ccnc1. The van der Waals surface area contributed by atoms with E-state index in [1.807, 2.05) is 12.5 Å². The number of hydrogen-bond acceptors (Lipinski definition) is 3. The number of nitrogens with zero attached hydrogens (tertiary/aromatic N) is 3. The summed E-state index contributed by atoms with van der Waals surface area (Å²) in [6.45, 7) is 13.9. The fraction of sp³-hybridized carbons (Fsp3) is 0.824. The van der Waals surface area contributed by atoms with Crippen molar-refractivity contribution in [3.05, 3.63) is 18.7 Å². The van der Waals surface area contributed by atoms with E-state index in [-0.39, 0.29) is 0 Å². The van der Waals surface area contributed by atoms with Crippen LogP contribution in [0.25, 0.3) is 0 Å². The summed E-state index contributed by atoms with van der Waals surface area (Å²) in [5.74, 6) is 0. The molecular formula is C17H32N4. The first-order valence-corrected chi connectivity index (χ1v) is 8.44. The Hall–Kier alpha value is -0.870. The minimum absolute atomic E-state index is 0.333. The zero-order valence-electron chi connectivity index (χ0n) is 14.2. The van der Waals surface area contributed by atoms with Crippen LogP contribution in [-0.2, 0) is 6.54 Å². The molecule has 1 N–H and O–H groups in total. The zero-order chi connectivity index (χ0) is 15.3. The lowest BCUT2D eigenvalue weighted by molar-refractivity contribution is 0.0789. The maximum Gasteiger partial charge on any atom is 0.0945 e. The molecule has 1 aliphatic heterocycles. The van der Waals surface area contributed by atoms with Gasteiger partial charge in [0.25, 0.3) is 0 Å². The standard InChI is InChI=1S/C17H32N4/c1-5-7-15-12-19-16(17(2,3)4)13-21(15)10-6-9-20-11-8-18-14-20/h8,11,14-16,19H,5-7,9-10,12-13H2,1-4H3. The van der Waals surface area contributed by atoms with Crippen molar-refractivity contribution in [3.63, 3.8) is 0 Å². The topological polar surface area (TPSA) is 33.1 Å². The summed E-state index contributed by atoms with van der Waals surface area (Å²) in [5.41, 5.74) is 0.333. The highest BCUT2D eigenvalue weighted by Gasteiger charge is 2.33. The molecule has 2 unspecified atom stereocenters. The molecule has 120 valence electrons. The highest BCUT2D eigenvalue weighted by atomic mass is 15.2. The van der Waals surface area contributed by atoms with E-state index in [2.05, 4.69) is 53.7 Å². The molecular weight excluding hydrogens is 260 g/mol. The number of imidazole rings is 1. The second-order valence-electron chi connectivity index (χ2n) is 7.42. The first kappa shape index (κ1) is 16.5. The Morgan fingerprint density at radius 1 is 1.29 bits per heavy atom. The van der Waals surface area contributed by atoms with Crippen LogP contribution in [0, 0.1) is 5.41 Å². The largest absolute Gasteiger partial charge is 0.337 e. The summed E-state index contributed by atoms with van der Waals surface area (Å²) in [4.78, 5) is 6.83. The number of aryl methyl sites for hydroxylation is 1. The van der Waals surface area contributed by atoms with Gasteiger partial charge in [0.05, 0.1) is 6.33 Å². The van der Waals surface area contributed by atoms with Gasteiger partial charge in [0.15, 0.2) is 0 Å². The summed E-state index contributed by atoms with van der Waals surface area (Å²) < 4.78 is 2.18. The van der Waals surface area contributed by atoms with Crippen molar-refractivity contribution in [3.8, 4) is 0 Å². The Bertz CT molecular complexity index is 393. The number of aromatic nitrogens is 2. The van der Waals surface area contributed by atoms with Crippen LogP contribution in [0.3, 0.4) is 0 Å². The van der Waals surface area contributed by atoms with Gasteiger partial charge in [0.1, 0.15) is 0 Å². The monoisotopic (exact) mass is 292 g/mol. The highest BCUT2D eigenvalue weighted by Crippen LogP contribution is 2.24. The molecule has 0 spiro atoms. The normalized spacial score (nSPS) is 24.4. The third kappa shape index (κ3) is 4.82. The van der Waals surface area contributed by atoms with Crippen LogP contribution in [0.5, 0.6) is 0 Å². The molecule has 0 bridgehead atoms. The van der Waals surface area contributed by atoms with Crippen LogP contribution in [0.2, 0.25) is 0 Å². The van der Waals surface area contributed by atoms with Gasteiger partial charge in [-0.2, -0.15) is 0 Å². The van der Waals surface area contributed by atoms with Crippen LogP contribution in [-0.4, -0.2) is 46.2 Å². The third-order valence-corrected chi connectivity index (χ3v) is 4.62. The molecule has 2 atom stereocenters. The Morgan fingerprint density at radius 2 is 2.10 bits per heavy atom. The van der Waals surface area contributed by atoms with Gasteiger partial charge in [-0.25, -0.2) is 4.98 Å². The quantitative estimate of drug-likeness (QED) is 0.875. The van der Waals surface area contributed by atoms with Crippen LogP contribution < -0.4 is 5.32 Å². The molecule has 1 saturated heterocycles. The van der Waals surface area contributed by atoms with E-state index < -0.39 is 0 Å². The maximum atomic E-state index is 4.12. The second-order valence-corrected chi connectivity index (χ2v) is 7.42. The molecule has 1 fully saturated rings. The molecule has 21 heavy (non-hydrogen) atoms. The second kappa shape index (κ2) is 7.41. The summed E-state index contributed by atoms with van der Waals surface area (Å²) in [6, 6.07) is 1.30. The molecule has 4 nitrogen and oxygen atoms in total. The third-order valence-electron chi connectivity index (χ3n) is 4.62. The van der Waals surface area contributed by atoms with E-state index in [0.29, 0.717) is 17.5 Å². The van der Waals surface area contributed by atoms with Gasteiger partial charge in [-0.15, -0.1) is 0 Å². The lowest BCUT2D eigenvalue weighted by Crippen LogP contribution is -2.60. The summed E-state index contributed by atoms with van der Waals surface area (Å²) in [6.07, 6.45) is 9.60. The molecule has 2 rings (SSSR count). The minimum atomic E-state index is 0.333. The van der Waals surface area contributed by atoms with Gasteiger partial charge in [0.2, 0.25) is 0 Å². The highest BCUT2D eigenvalue weighted by molar-refractivity contribution is 4.91. The summed E-state index contributed by atoms with van der Waals surface area (Å²) in [5, 5.41) is 3.77. The van der Waals surface area contributed by atoms with Crippen molar-refractivity contribution in [2.24, 2.45) is 5.41 Å². The van der Waals surface area contributed by atoms with Crippen molar-refractivity contribution in [2.75, 3.05) is 19.6 Å². The van der Waals surface area contributed by atoms with Gasteiger partial charge in [0, 0.05) is 50.7 Å². The molecule has 0 aromatic carbocycles. The maximum absolute atomic E-state index is 4.12. The van der Waals surface area contributed by atoms with Crippen molar-refractivity contribution in [1.29, 1.82) is 0 Å². The van der Waals surface area contributed by atoms with E-state index in [1.54, 1.807) is 0 Å². The summed E-state index contributed by atoms with van der Waals surface area (Å²) in [7, 11) is 0. The fourth-order valence-electron chi connectivity index (χ4n) is 3.20. The predicted molar refractivity (Wildman–Crippen MR) is 88.4 cm³/mol. The lowest BCUT2D eigenvalue weighted by Gasteiger charge is -2.45. The van der Waals surface area contributed by atoms with Crippen LogP contribution in [0.4, 0.5) is 0 Å². The van der Waals surface area contributed by atoms with Crippen molar-refractivity contribution in [2.45, 2.75) is 65.6 Å². The number of nitrogens with one attached hydrogen (secondary N) is 1. The first-order chi connectivity index (χ1) is 10.0. The first-order valence-electron chi connectivity index (χ1n) is 8.44. The van der Waals surface area contributed by atoms with Crippen molar-refractivity contribution >= 4 is 0 Å². The van der Waals surface area contributed by atoms with Gasteiger partial charge < -0.3 is 9.88 Å². The van der Waals surface area contributed by atoms with Crippen LogP contribution >= 0.6 is 0 Å². The molecule has 0 saturated carbocycles. The number of piperazine rings is 1. The zero-order valence-corrected chi connectivity index (χ0v) is 14.2. The van der Waals surface area contributed by atoms with E-state index in [4.69, 9.17) is 0 Å². The van der Waals surface area contributed by atoms with Gasteiger partial charge in [-0.1, -0.05) is 34.1 Å². The van der Waals surface area contributed by atoms with E-state index in [0.717, 1.165) is 13.1 Å². The average molecular weight is 292 g/mol. The molecule has 1 aromatic heterocycles. The van der Waals surface area contributed by atoms with E-state index in [1.165, 1.54) is 32.4 Å². The lowest BCUT2D eigenvalue weighted by atomic mass is 9.84. The number of hydrogen-bond donors (Lipinski definition) is 1. The van der Waals surface area contributed by atoms with E-state index in [9.17, 15) is 0 Å². The molecule has 1 aliphatic rings. The number of rotatable bonds is 6. The Labute approximate surface area is 129 Å². The predicted octanol–water partition coefficient (Wildman–Crippen LogP) is 2.76. The molecule has 0 amide bonds. The molecule has 0 aliphatic carbocycles. The van der Waals surface area contributed by atoms with Crippen LogP contribution in [0.1, 0.15) is 47.0 Å². The minimum Gasteiger partial charge on any atom is -0.337 e. The van der Waals surface area contributed by atoms with Gasteiger partial charge in [-0.05, 0) is 18.3 Å². The molecule has 1 aromatic rings. The average Bonchev–Trinajstić information content (AvgIpc) is 2.93. The smallest absolute Gasteiger partial charge is 0.0945 e. The Kier molecular flexibility index (Phi) is 5.82. The van der Waals surface area contributed by atoms with Gasteiger partial charge >= 0.3 is 0 Å². The van der Waals surface area contributed by atoms with Crippen molar-refractivity contribution in [1.82, 2.24) is 19.8 Å². The Balaban J connectivity index is 1.87. The summed E-state index contributed by atoms with van der Waals surface area (Å²) >= 11 is 0. The molecule has 4 heteroatoms. The van der Waals surface area contributed by atoms with Crippen LogP contribution in [0.15, 0.2) is 18.7 Å². The molecule has 0 radical (unpaired) electrons. The molecule has 2 heterocycles. The van der Waals surface area contributed by atoms with E-state index >= 15 is 0 Å². The van der Waals surface area contributed by atoms with Crippen molar-refractivity contribution < 1.29 is 0 Å². The van der Waals surface area contributed by atoms with Gasteiger partial charge in [-0.3, -0.25) is 4.90 Å².